The number of hydrogen-bond donors (Lipinski definition) is 2. The predicted octanol–water partition coefficient (Wildman–Crippen LogP) is 2.17. The maximum atomic E-state index is 11.9. The lowest BCUT2D eigenvalue weighted by Crippen LogP contribution is -2.29. The number of carbonyl (C=O) groups is 1. The van der Waals surface area contributed by atoms with Crippen molar-refractivity contribution < 1.29 is 4.79 Å². The molecule has 110 valence electrons. The molecule has 6 heteroatoms. The second-order valence-corrected chi connectivity index (χ2v) is 4.85. The molecule has 2 N–H and O–H groups in total. The molecule has 1 heterocycles. The molecule has 0 unspecified atom stereocenters. The Morgan fingerprint density at radius 1 is 1.24 bits per heavy atom. The summed E-state index contributed by atoms with van der Waals surface area (Å²) in [5.74, 6) is 1.38. The monoisotopic (exact) mass is 285 g/mol. The number of aromatic nitrogens is 2. The van der Waals surface area contributed by atoms with Crippen LogP contribution in [0.1, 0.15) is 11.4 Å². The largest absolute Gasteiger partial charge is 0.363 e. The molecular formula is C15H19N5O. The standard InChI is InChI=1S/C15H19N5O/c1-11-6-4-5-7-12(11)18-15(21)17-10-13-16-9-8-14(19-13)20(2)3/h4-9H,10H2,1-3H3,(H2,17,18,21). The van der Waals surface area contributed by atoms with Crippen molar-refractivity contribution in [3.8, 4) is 0 Å². The average molecular weight is 285 g/mol. The molecule has 0 fully saturated rings. The molecule has 0 aliphatic rings. The van der Waals surface area contributed by atoms with E-state index in [1.165, 1.54) is 0 Å². The number of anilines is 2. The molecule has 0 aliphatic carbocycles. The molecule has 1 aromatic heterocycles. The second-order valence-electron chi connectivity index (χ2n) is 4.85. The summed E-state index contributed by atoms with van der Waals surface area (Å²) in [5, 5.41) is 5.55. The maximum absolute atomic E-state index is 11.9. The van der Waals surface area contributed by atoms with Crippen LogP contribution in [-0.4, -0.2) is 30.1 Å². The van der Waals surface area contributed by atoms with Crippen LogP contribution in [0.5, 0.6) is 0 Å². The zero-order chi connectivity index (χ0) is 15.2. The van der Waals surface area contributed by atoms with Gasteiger partial charge in [0.15, 0.2) is 0 Å². The summed E-state index contributed by atoms with van der Waals surface area (Å²) in [6.07, 6.45) is 1.68. The van der Waals surface area contributed by atoms with Crippen molar-refractivity contribution in [2.24, 2.45) is 0 Å². The summed E-state index contributed by atoms with van der Waals surface area (Å²) in [7, 11) is 3.81. The molecule has 2 aromatic rings. The van der Waals surface area contributed by atoms with Crippen molar-refractivity contribution in [1.82, 2.24) is 15.3 Å². The number of benzene rings is 1. The molecule has 0 radical (unpaired) electrons. The van der Waals surface area contributed by atoms with E-state index in [1.807, 2.05) is 56.3 Å². The molecule has 0 saturated heterocycles. The minimum atomic E-state index is -0.275. The van der Waals surface area contributed by atoms with Crippen LogP contribution in [0.25, 0.3) is 0 Å². The first-order valence-corrected chi connectivity index (χ1v) is 6.66. The van der Waals surface area contributed by atoms with E-state index in [-0.39, 0.29) is 12.6 Å². The normalized spacial score (nSPS) is 10.0. The molecular weight excluding hydrogens is 266 g/mol. The molecule has 2 rings (SSSR count). The van der Waals surface area contributed by atoms with E-state index in [0.717, 1.165) is 17.1 Å². The fraction of sp³-hybridized carbons (Fsp3) is 0.267. The highest BCUT2D eigenvalue weighted by Crippen LogP contribution is 2.12. The van der Waals surface area contributed by atoms with Gasteiger partial charge < -0.3 is 15.5 Å². The number of rotatable bonds is 4. The average Bonchev–Trinajstić information content (AvgIpc) is 2.48. The lowest BCUT2D eigenvalue weighted by molar-refractivity contribution is 0.251. The van der Waals surface area contributed by atoms with Crippen LogP contribution in [0.3, 0.4) is 0 Å². The number of carbonyl (C=O) groups excluding carboxylic acids is 1. The van der Waals surface area contributed by atoms with Gasteiger partial charge in [-0.1, -0.05) is 18.2 Å². The number of nitrogens with one attached hydrogen (secondary N) is 2. The molecule has 6 nitrogen and oxygen atoms in total. The lowest BCUT2D eigenvalue weighted by Gasteiger charge is -2.12. The third kappa shape index (κ3) is 4.17. The van der Waals surface area contributed by atoms with Gasteiger partial charge in [0.2, 0.25) is 0 Å². The second kappa shape index (κ2) is 6.69. The molecule has 1 aromatic carbocycles. The van der Waals surface area contributed by atoms with Crippen molar-refractivity contribution in [3.05, 3.63) is 47.9 Å². The van der Waals surface area contributed by atoms with Gasteiger partial charge in [0.1, 0.15) is 11.6 Å². The zero-order valence-corrected chi connectivity index (χ0v) is 12.4. The van der Waals surface area contributed by atoms with Gasteiger partial charge in [-0.15, -0.1) is 0 Å². The van der Waals surface area contributed by atoms with Crippen molar-refractivity contribution in [3.63, 3.8) is 0 Å². The Labute approximate surface area is 124 Å². The van der Waals surface area contributed by atoms with E-state index >= 15 is 0 Å². The first kappa shape index (κ1) is 14.8. The fourth-order valence-corrected chi connectivity index (χ4v) is 1.76. The number of para-hydroxylation sites is 1. The number of nitrogens with zero attached hydrogens (tertiary/aromatic N) is 3. The van der Waals surface area contributed by atoms with Crippen molar-refractivity contribution in [2.75, 3.05) is 24.3 Å². The molecule has 0 spiro atoms. The molecule has 2 amide bonds. The topological polar surface area (TPSA) is 70.2 Å². The maximum Gasteiger partial charge on any atom is 0.319 e. The molecule has 0 aliphatic heterocycles. The van der Waals surface area contributed by atoms with Crippen LogP contribution in [0.2, 0.25) is 0 Å². The van der Waals surface area contributed by atoms with Gasteiger partial charge >= 0.3 is 6.03 Å². The third-order valence-electron chi connectivity index (χ3n) is 2.95. The van der Waals surface area contributed by atoms with Gasteiger partial charge in [-0.3, -0.25) is 0 Å². The van der Waals surface area contributed by atoms with Crippen LogP contribution >= 0.6 is 0 Å². The highest BCUT2D eigenvalue weighted by atomic mass is 16.2. The summed E-state index contributed by atoms with van der Waals surface area (Å²) < 4.78 is 0. The van der Waals surface area contributed by atoms with E-state index in [9.17, 15) is 4.79 Å². The lowest BCUT2D eigenvalue weighted by atomic mass is 10.2. The summed E-state index contributed by atoms with van der Waals surface area (Å²) >= 11 is 0. The Balaban J connectivity index is 1.92. The fourth-order valence-electron chi connectivity index (χ4n) is 1.76. The van der Waals surface area contributed by atoms with E-state index in [1.54, 1.807) is 6.20 Å². The third-order valence-corrected chi connectivity index (χ3v) is 2.95. The number of hydrogen-bond acceptors (Lipinski definition) is 4. The summed E-state index contributed by atoms with van der Waals surface area (Å²) in [6.45, 7) is 2.22. The summed E-state index contributed by atoms with van der Waals surface area (Å²) in [5.41, 5.74) is 1.80. The number of urea groups is 1. The van der Waals surface area contributed by atoms with E-state index in [4.69, 9.17) is 0 Å². The van der Waals surface area contributed by atoms with Gasteiger partial charge in [-0.05, 0) is 24.6 Å². The Bertz CT molecular complexity index is 627. The summed E-state index contributed by atoms with van der Waals surface area (Å²) in [6, 6.07) is 9.16. The van der Waals surface area contributed by atoms with Gasteiger partial charge in [-0.2, -0.15) is 0 Å². The molecule has 0 atom stereocenters. The van der Waals surface area contributed by atoms with Gasteiger partial charge in [0, 0.05) is 26.0 Å². The summed E-state index contributed by atoms with van der Waals surface area (Å²) in [4.78, 5) is 22.2. The van der Waals surface area contributed by atoms with Crippen molar-refractivity contribution in [2.45, 2.75) is 13.5 Å². The minimum absolute atomic E-state index is 0.275. The highest BCUT2D eigenvalue weighted by Gasteiger charge is 2.06. The minimum Gasteiger partial charge on any atom is -0.363 e. The molecule has 0 bridgehead atoms. The Morgan fingerprint density at radius 2 is 2.00 bits per heavy atom. The van der Waals surface area contributed by atoms with Gasteiger partial charge in [-0.25, -0.2) is 14.8 Å². The van der Waals surface area contributed by atoms with Crippen LogP contribution in [0.4, 0.5) is 16.3 Å². The van der Waals surface area contributed by atoms with Crippen LogP contribution < -0.4 is 15.5 Å². The Morgan fingerprint density at radius 3 is 2.71 bits per heavy atom. The van der Waals surface area contributed by atoms with Gasteiger partial charge in [0.05, 0.1) is 6.54 Å². The number of aryl methyl sites for hydroxylation is 1. The highest BCUT2D eigenvalue weighted by molar-refractivity contribution is 5.89. The molecule has 0 saturated carbocycles. The zero-order valence-electron chi connectivity index (χ0n) is 12.4. The quantitative estimate of drug-likeness (QED) is 0.903. The van der Waals surface area contributed by atoms with Crippen molar-refractivity contribution >= 4 is 17.5 Å². The van der Waals surface area contributed by atoms with Crippen LogP contribution in [0, 0.1) is 6.92 Å². The smallest absolute Gasteiger partial charge is 0.319 e. The Hall–Kier alpha value is -2.63. The van der Waals surface area contributed by atoms with Crippen LogP contribution in [0.15, 0.2) is 36.5 Å². The SMILES string of the molecule is Cc1ccccc1NC(=O)NCc1nccc(N(C)C)n1. The first-order valence-electron chi connectivity index (χ1n) is 6.66. The van der Waals surface area contributed by atoms with E-state index < -0.39 is 0 Å². The van der Waals surface area contributed by atoms with Crippen LogP contribution in [-0.2, 0) is 6.54 Å². The molecule has 21 heavy (non-hydrogen) atoms. The van der Waals surface area contributed by atoms with E-state index in [0.29, 0.717) is 5.82 Å². The first-order chi connectivity index (χ1) is 10.1. The Kier molecular flexibility index (Phi) is 4.71. The van der Waals surface area contributed by atoms with Crippen molar-refractivity contribution in [1.29, 1.82) is 0 Å². The van der Waals surface area contributed by atoms with E-state index in [2.05, 4.69) is 20.6 Å². The van der Waals surface area contributed by atoms with Gasteiger partial charge in [0.25, 0.3) is 0 Å². The predicted molar refractivity (Wildman–Crippen MR) is 83.4 cm³/mol. The number of amides is 2.